The van der Waals surface area contributed by atoms with Gasteiger partial charge in [-0.25, -0.2) is 0 Å². The molecular formula is C12H20N2. The lowest BCUT2D eigenvalue weighted by molar-refractivity contribution is 0.327. The Labute approximate surface area is 86.3 Å². The van der Waals surface area contributed by atoms with Crippen LogP contribution in [-0.4, -0.2) is 9.78 Å². The van der Waals surface area contributed by atoms with Crippen LogP contribution in [0.2, 0.25) is 0 Å². The average Bonchev–Trinajstić information content (AvgIpc) is 2.68. The molecule has 0 amide bonds. The summed E-state index contributed by atoms with van der Waals surface area (Å²) in [6.45, 7) is 4.40. The van der Waals surface area contributed by atoms with Gasteiger partial charge in [0, 0.05) is 6.20 Å². The maximum Gasteiger partial charge on any atom is 0.0650 e. The van der Waals surface area contributed by atoms with Gasteiger partial charge in [0.25, 0.3) is 0 Å². The molecule has 1 saturated carbocycles. The lowest BCUT2D eigenvalue weighted by Crippen LogP contribution is -2.13. The molecule has 0 bridgehead atoms. The summed E-state index contributed by atoms with van der Waals surface area (Å²) in [6.07, 6.45) is 8.96. The molecule has 1 aromatic rings. The molecule has 1 fully saturated rings. The molecule has 0 unspecified atom stereocenters. The Balaban J connectivity index is 2.07. The van der Waals surface area contributed by atoms with Crippen molar-refractivity contribution in [1.29, 1.82) is 0 Å². The monoisotopic (exact) mass is 192 g/mol. The fourth-order valence-corrected chi connectivity index (χ4v) is 2.21. The van der Waals surface area contributed by atoms with Gasteiger partial charge in [-0.1, -0.05) is 33.1 Å². The fraction of sp³-hybridized carbons (Fsp3) is 0.750. The Morgan fingerprint density at radius 2 is 2.00 bits per heavy atom. The average molecular weight is 192 g/mol. The standard InChI is InChI=1S/C12H20N2/c1-10(2)12-8-9-14(13-12)11-6-4-3-5-7-11/h8-11H,3-7H2,1-2H3. The molecule has 0 N–H and O–H groups in total. The van der Waals surface area contributed by atoms with Crippen molar-refractivity contribution in [2.45, 2.75) is 57.9 Å². The first kappa shape index (κ1) is 9.75. The SMILES string of the molecule is CC(C)c1ccn(C2CCCCC2)n1. The Hall–Kier alpha value is -0.790. The maximum atomic E-state index is 4.65. The van der Waals surface area contributed by atoms with E-state index in [0.717, 1.165) is 0 Å². The minimum Gasteiger partial charge on any atom is -0.269 e. The smallest absolute Gasteiger partial charge is 0.0650 e. The zero-order valence-electron chi connectivity index (χ0n) is 9.24. The Morgan fingerprint density at radius 1 is 1.29 bits per heavy atom. The topological polar surface area (TPSA) is 17.8 Å². The Morgan fingerprint density at radius 3 is 2.57 bits per heavy atom. The summed E-state index contributed by atoms with van der Waals surface area (Å²) in [5.74, 6) is 0.555. The molecule has 0 spiro atoms. The molecule has 2 nitrogen and oxygen atoms in total. The Kier molecular flexibility index (Phi) is 2.90. The number of hydrogen-bond donors (Lipinski definition) is 0. The van der Waals surface area contributed by atoms with E-state index in [4.69, 9.17) is 0 Å². The normalized spacial score (nSPS) is 19.1. The molecule has 2 heteroatoms. The molecule has 0 radical (unpaired) electrons. The van der Waals surface area contributed by atoms with Crippen LogP contribution in [0.3, 0.4) is 0 Å². The van der Waals surface area contributed by atoms with Gasteiger partial charge in [0.05, 0.1) is 11.7 Å². The third kappa shape index (κ3) is 1.99. The molecular weight excluding hydrogens is 172 g/mol. The number of rotatable bonds is 2. The quantitative estimate of drug-likeness (QED) is 0.701. The fourth-order valence-electron chi connectivity index (χ4n) is 2.21. The molecule has 1 aliphatic rings. The first-order chi connectivity index (χ1) is 6.77. The predicted octanol–water partition coefficient (Wildman–Crippen LogP) is 3.51. The van der Waals surface area contributed by atoms with Gasteiger partial charge in [0.2, 0.25) is 0 Å². The van der Waals surface area contributed by atoms with E-state index in [1.807, 2.05) is 0 Å². The second kappa shape index (κ2) is 4.16. The van der Waals surface area contributed by atoms with Crippen LogP contribution in [-0.2, 0) is 0 Å². The second-order valence-electron chi connectivity index (χ2n) is 4.67. The van der Waals surface area contributed by atoms with Crippen molar-refractivity contribution < 1.29 is 0 Å². The highest BCUT2D eigenvalue weighted by molar-refractivity contribution is 5.04. The minimum absolute atomic E-state index is 0.555. The van der Waals surface area contributed by atoms with Crippen molar-refractivity contribution in [3.8, 4) is 0 Å². The van der Waals surface area contributed by atoms with Crippen LogP contribution >= 0.6 is 0 Å². The van der Waals surface area contributed by atoms with Gasteiger partial charge in [-0.05, 0) is 24.8 Å². The van der Waals surface area contributed by atoms with Gasteiger partial charge < -0.3 is 0 Å². The van der Waals surface area contributed by atoms with Crippen molar-refractivity contribution in [1.82, 2.24) is 9.78 Å². The molecule has 0 aromatic carbocycles. The van der Waals surface area contributed by atoms with Crippen LogP contribution in [0.15, 0.2) is 12.3 Å². The summed E-state index contributed by atoms with van der Waals surface area (Å²) < 4.78 is 2.19. The highest BCUT2D eigenvalue weighted by Gasteiger charge is 2.16. The molecule has 1 aliphatic carbocycles. The molecule has 1 aromatic heterocycles. The predicted molar refractivity (Wildman–Crippen MR) is 58.4 cm³/mol. The van der Waals surface area contributed by atoms with Crippen LogP contribution in [0.4, 0.5) is 0 Å². The van der Waals surface area contributed by atoms with Crippen molar-refractivity contribution in [3.63, 3.8) is 0 Å². The molecule has 0 atom stereocenters. The lowest BCUT2D eigenvalue weighted by Gasteiger charge is -2.21. The van der Waals surface area contributed by atoms with E-state index in [1.165, 1.54) is 37.8 Å². The van der Waals surface area contributed by atoms with Crippen molar-refractivity contribution in [3.05, 3.63) is 18.0 Å². The molecule has 0 saturated heterocycles. The van der Waals surface area contributed by atoms with Crippen LogP contribution in [0.1, 0.15) is 63.6 Å². The number of hydrogen-bond acceptors (Lipinski definition) is 1. The summed E-state index contributed by atoms with van der Waals surface area (Å²) >= 11 is 0. The van der Waals surface area contributed by atoms with E-state index in [-0.39, 0.29) is 0 Å². The largest absolute Gasteiger partial charge is 0.269 e. The summed E-state index contributed by atoms with van der Waals surface area (Å²) in [4.78, 5) is 0. The van der Waals surface area contributed by atoms with Crippen LogP contribution in [0.25, 0.3) is 0 Å². The number of aromatic nitrogens is 2. The minimum atomic E-state index is 0.555. The second-order valence-corrected chi connectivity index (χ2v) is 4.67. The van der Waals surface area contributed by atoms with E-state index >= 15 is 0 Å². The van der Waals surface area contributed by atoms with Gasteiger partial charge in [0.1, 0.15) is 0 Å². The third-order valence-corrected chi connectivity index (χ3v) is 3.17. The summed E-state index contributed by atoms with van der Waals surface area (Å²) in [5, 5.41) is 4.65. The highest BCUT2D eigenvalue weighted by atomic mass is 15.3. The van der Waals surface area contributed by atoms with E-state index in [1.54, 1.807) is 0 Å². The van der Waals surface area contributed by atoms with Crippen LogP contribution in [0.5, 0.6) is 0 Å². The van der Waals surface area contributed by atoms with E-state index in [0.29, 0.717) is 12.0 Å². The maximum absolute atomic E-state index is 4.65. The van der Waals surface area contributed by atoms with Gasteiger partial charge >= 0.3 is 0 Å². The van der Waals surface area contributed by atoms with Crippen molar-refractivity contribution in [2.24, 2.45) is 0 Å². The molecule has 2 rings (SSSR count). The van der Waals surface area contributed by atoms with Gasteiger partial charge in [-0.3, -0.25) is 4.68 Å². The molecule has 1 heterocycles. The molecule has 0 aliphatic heterocycles. The van der Waals surface area contributed by atoms with E-state index in [9.17, 15) is 0 Å². The molecule has 78 valence electrons. The van der Waals surface area contributed by atoms with Crippen LogP contribution in [0, 0.1) is 0 Å². The van der Waals surface area contributed by atoms with Crippen molar-refractivity contribution in [2.75, 3.05) is 0 Å². The van der Waals surface area contributed by atoms with Gasteiger partial charge in [0.15, 0.2) is 0 Å². The highest BCUT2D eigenvalue weighted by Crippen LogP contribution is 2.27. The summed E-state index contributed by atoms with van der Waals surface area (Å²) in [7, 11) is 0. The third-order valence-electron chi connectivity index (χ3n) is 3.17. The molecule has 14 heavy (non-hydrogen) atoms. The number of nitrogens with zero attached hydrogens (tertiary/aromatic N) is 2. The van der Waals surface area contributed by atoms with E-state index in [2.05, 4.69) is 35.9 Å². The van der Waals surface area contributed by atoms with E-state index < -0.39 is 0 Å². The van der Waals surface area contributed by atoms with Crippen molar-refractivity contribution >= 4 is 0 Å². The van der Waals surface area contributed by atoms with Gasteiger partial charge in [-0.15, -0.1) is 0 Å². The Bertz CT molecular complexity index is 282. The van der Waals surface area contributed by atoms with Gasteiger partial charge in [-0.2, -0.15) is 5.10 Å². The summed E-state index contributed by atoms with van der Waals surface area (Å²) in [6, 6.07) is 2.84. The lowest BCUT2D eigenvalue weighted by atomic mass is 9.96. The zero-order chi connectivity index (χ0) is 9.97. The summed E-state index contributed by atoms with van der Waals surface area (Å²) in [5.41, 5.74) is 1.23. The van der Waals surface area contributed by atoms with Crippen LogP contribution < -0.4 is 0 Å². The first-order valence-electron chi connectivity index (χ1n) is 5.82. The zero-order valence-corrected chi connectivity index (χ0v) is 9.24. The first-order valence-corrected chi connectivity index (χ1v) is 5.82.